The van der Waals surface area contributed by atoms with Gasteiger partial charge in [0.15, 0.2) is 0 Å². The van der Waals surface area contributed by atoms with Gasteiger partial charge in [-0.05, 0) is 35.7 Å². The van der Waals surface area contributed by atoms with Crippen LogP contribution in [0.1, 0.15) is 35.3 Å². The van der Waals surface area contributed by atoms with Gasteiger partial charge in [0, 0.05) is 24.7 Å². The molecule has 0 radical (unpaired) electrons. The first-order valence-electron chi connectivity index (χ1n) is 8.85. The Bertz CT molecular complexity index is 830. The lowest BCUT2D eigenvalue weighted by atomic mass is 10.1. The number of nitrogens with zero attached hydrogens (tertiary/aromatic N) is 1. The third-order valence-electron chi connectivity index (χ3n) is 4.60. The summed E-state index contributed by atoms with van der Waals surface area (Å²) in [6.07, 6.45) is 0.849. The Morgan fingerprint density at radius 1 is 1.19 bits per heavy atom. The molecule has 0 aliphatic carbocycles. The van der Waals surface area contributed by atoms with Crippen LogP contribution in [0.3, 0.4) is 0 Å². The molecule has 2 amide bonds. The molecule has 3 rings (SSSR count). The van der Waals surface area contributed by atoms with E-state index < -0.39 is 0 Å². The van der Waals surface area contributed by atoms with Crippen molar-refractivity contribution >= 4 is 17.5 Å². The van der Waals surface area contributed by atoms with Gasteiger partial charge >= 0.3 is 0 Å². The molecule has 2 aromatic carbocycles. The second kappa shape index (κ2) is 7.60. The first kappa shape index (κ1) is 18.0. The average Bonchev–Trinajstić information content (AvgIpc) is 3.08. The second-order valence-electron chi connectivity index (χ2n) is 6.74. The second-order valence-corrected chi connectivity index (χ2v) is 6.74. The van der Waals surface area contributed by atoms with Crippen molar-refractivity contribution in [1.82, 2.24) is 5.32 Å². The number of methoxy groups -OCH3 is 1. The molecule has 1 aliphatic heterocycles. The number of benzene rings is 2. The SMILES string of the molecule is COc1ccccc1C(=O)NCc1ccc2c(c1)CCN2C(=O)C(C)C. The Morgan fingerprint density at radius 2 is 1.96 bits per heavy atom. The number of hydrogen-bond donors (Lipinski definition) is 1. The Hall–Kier alpha value is -2.82. The van der Waals surface area contributed by atoms with Crippen molar-refractivity contribution in [3.8, 4) is 5.75 Å². The van der Waals surface area contributed by atoms with Crippen LogP contribution in [-0.4, -0.2) is 25.5 Å². The maximum absolute atomic E-state index is 12.4. The molecule has 1 N–H and O–H groups in total. The molecule has 0 saturated carbocycles. The topological polar surface area (TPSA) is 58.6 Å². The van der Waals surface area contributed by atoms with Gasteiger partial charge in [0.25, 0.3) is 5.91 Å². The van der Waals surface area contributed by atoms with Crippen molar-refractivity contribution in [2.45, 2.75) is 26.8 Å². The van der Waals surface area contributed by atoms with Gasteiger partial charge < -0.3 is 15.0 Å². The Labute approximate surface area is 154 Å². The van der Waals surface area contributed by atoms with E-state index in [2.05, 4.69) is 11.4 Å². The molecule has 0 aromatic heterocycles. The van der Waals surface area contributed by atoms with Crippen LogP contribution in [0.25, 0.3) is 0 Å². The Morgan fingerprint density at radius 3 is 2.69 bits per heavy atom. The summed E-state index contributed by atoms with van der Waals surface area (Å²) in [5.74, 6) is 0.531. The van der Waals surface area contributed by atoms with Crippen molar-refractivity contribution in [3.05, 3.63) is 59.2 Å². The van der Waals surface area contributed by atoms with Crippen LogP contribution in [-0.2, 0) is 17.8 Å². The molecule has 136 valence electrons. The van der Waals surface area contributed by atoms with Crippen LogP contribution in [0.15, 0.2) is 42.5 Å². The zero-order valence-corrected chi connectivity index (χ0v) is 15.4. The summed E-state index contributed by atoms with van der Waals surface area (Å²) >= 11 is 0. The number of rotatable bonds is 5. The highest BCUT2D eigenvalue weighted by Gasteiger charge is 2.26. The number of nitrogens with one attached hydrogen (secondary N) is 1. The van der Waals surface area contributed by atoms with E-state index in [0.29, 0.717) is 17.9 Å². The largest absolute Gasteiger partial charge is 0.496 e. The van der Waals surface area contributed by atoms with Crippen LogP contribution in [0.4, 0.5) is 5.69 Å². The van der Waals surface area contributed by atoms with Gasteiger partial charge in [0.05, 0.1) is 12.7 Å². The maximum Gasteiger partial charge on any atom is 0.255 e. The van der Waals surface area contributed by atoms with Crippen LogP contribution in [0, 0.1) is 5.92 Å². The van der Waals surface area contributed by atoms with Crippen molar-refractivity contribution in [3.63, 3.8) is 0 Å². The van der Waals surface area contributed by atoms with Gasteiger partial charge in [0.2, 0.25) is 5.91 Å². The molecule has 0 atom stereocenters. The fourth-order valence-corrected chi connectivity index (χ4v) is 3.22. The highest BCUT2D eigenvalue weighted by atomic mass is 16.5. The van der Waals surface area contributed by atoms with E-state index in [4.69, 9.17) is 4.74 Å². The highest BCUT2D eigenvalue weighted by Crippen LogP contribution is 2.30. The standard InChI is InChI=1S/C21H24N2O3/c1-14(2)21(25)23-11-10-16-12-15(8-9-18(16)23)13-22-20(24)17-6-4-5-7-19(17)26-3/h4-9,12,14H,10-11,13H2,1-3H3,(H,22,24). The zero-order valence-electron chi connectivity index (χ0n) is 15.4. The van der Waals surface area contributed by atoms with E-state index in [1.807, 2.05) is 43.0 Å². The van der Waals surface area contributed by atoms with E-state index >= 15 is 0 Å². The number of fused-ring (bicyclic) bond motifs is 1. The summed E-state index contributed by atoms with van der Waals surface area (Å²) in [7, 11) is 1.55. The van der Waals surface area contributed by atoms with E-state index in [1.165, 1.54) is 0 Å². The molecule has 0 bridgehead atoms. The summed E-state index contributed by atoms with van der Waals surface area (Å²) in [4.78, 5) is 26.5. The van der Waals surface area contributed by atoms with Gasteiger partial charge in [-0.2, -0.15) is 0 Å². The number of carbonyl (C=O) groups excluding carboxylic acids is 2. The first-order valence-corrected chi connectivity index (χ1v) is 8.85. The van der Waals surface area contributed by atoms with Crippen molar-refractivity contribution in [2.75, 3.05) is 18.6 Å². The molecule has 5 nitrogen and oxygen atoms in total. The molecule has 0 saturated heterocycles. The third-order valence-corrected chi connectivity index (χ3v) is 4.60. The molecular formula is C21H24N2O3. The van der Waals surface area contributed by atoms with Crippen LogP contribution in [0.5, 0.6) is 5.75 Å². The lowest BCUT2D eigenvalue weighted by Gasteiger charge is -2.19. The summed E-state index contributed by atoms with van der Waals surface area (Å²) < 4.78 is 5.23. The van der Waals surface area contributed by atoms with Crippen LogP contribution < -0.4 is 15.0 Å². The number of hydrogen-bond acceptors (Lipinski definition) is 3. The fraction of sp³-hybridized carbons (Fsp3) is 0.333. The minimum Gasteiger partial charge on any atom is -0.496 e. The van der Waals surface area contributed by atoms with Gasteiger partial charge in [-0.25, -0.2) is 0 Å². The van der Waals surface area contributed by atoms with Gasteiger partial charge in [0.1, 0.15) is 5.75 Å². The summed E-state index contributed by atoms with van der Waals surface area (Å²) in [6, 6.07) is 13.2. The van der Waals surface area contributed by atoms with Crippen LogP contribution >= 0.6 is 0 Å². The fourth-order valence-electron chi connectivity index (χ4n) is 3.22. The predicted molar refractivity (Wildman–Crippen MR) is 102 cm³/mol. The third kappa shape index (κ3) is 3.57. The molecule has 5 heteroatoms. The molecule has 0 fully saturated rings. The Kier molecular flexibility index (Phi) is 5.26. The smallest absolute Gasteiger partial charge is 0.255 e. The van der Waals surface area contributed by atoms with Gasteiger partial charge in [-0.3, -0.25) is 9.59 Å². The van der Waals surface area contributed by atoms with Crippen molar-refractivity contribution < 1.29 is 14.3 Å². The highest BCUT2D eigenvalue weighted by molar-refractivity contribution is 5.97. The van der Waals surface area contributed by atoms with Gasteiger partial charge in [-0.15, -0.1) is 0 Å². The molecule has 0 spiro atoms. The van der Waals surface area contributed by atoms with Gasteiger partial charge in [-0.1, -0.05) is 38.1 Å². The average molecular weight is 352 g/mol. The molecule has 0 unspecified atom stereocenters. The number of ether oxygens (including phenoxy) is 1. The quantitative estimate of drug-likeness (QED) is 0.899. The number of carbonyl (C=O) groups is 2. The first-order chi connectivity index (χ1) is 12.5. The zero-order chi connectivity index (χ0) is 18.7. The lowest BCUT2D eigenvalue weighted by Crippen LogP contribution is -2.32. The predicted octanol–water partition coefficient (Wildman–Crippen LogP) is 3.17. The van der Waals surface area contributed by atoms with Crippen molar-refractivity contribution in [2.24, 2.45) is 5.92 Å². The van der Waals surface area contributed by atoms with E-state index in [1.54, 1.807) is 19.2 Å². The van der Waals surface area contributed by atoms with Crippen LogP contribution in [0.2, 0.25) is 0 Å². The summed E-state index contributed by atoms with van der Waals surface area (Å²) in [5.41, 5.74) is 3.68. The van der Waals surface area contributed by atoms with E-state index in [0.717, 1.165) is 29.8 Å². The number of anilines is 1. The summed E-state index contributed by atoms with van der Waals surface area (Å²) in [5, 5.41) is 2.93. The Balaban J connectivity index is 1.69. The monoisotopic (exact) mass is 352 g/mol. The summed E-state index contributed by atoms with van der Waals surface area (Å²) in [6.45, 7) is 5.00. The minimum atomic E-state index is -0.167. The normalized spacial score (nSPS) is 12.8. The molecule has 1 heterocycles. The van der Waals surface area contributed by atoms with Crippen molar-refractivity contribution in [1.29, 1.82) is 0 Å². The molecule has 2 aromatic rings. The number of amides is 2. The number of para-hydroxylation sites is 1. The minimum absolute atomic E-state index is 0.0132. The van der Waals surface area contributed by atoms with E-state index in [-0.39, 0.29) is 17.7 Å². The maximum atomic E-state index is 12.4. The molecule has 1 aliphatic rings. The lowest BCUT2D eigenvalue weighted by molar-refractivity contribution is -0.121. The van der Waals surface area contributed by atoms with E-state index in [9.17, 15) is 9.59 Å². The molecule has 26 heavy (non-hydrogen) atoms. The molecular weight excluding hydrogens is 328 g/mol.